The first-order valence-corrected chi connectivity index (χ1v) is 13.6. The number of hydrogen-bond donors (Lipinski definition) is 0. The molecule has 3 heterocycles. The lowest BCUT2D eigenvalue weighted by molar-refractivity contribution is -0.143. The number of thiazole rings is 1. The van der Waals surface area contributed by atoms with Crippen LogP contribution in [0.3, 0.4) is 0 Å². The molecule has 38 heavy (non-hydrogen) atoms. The van der Waals surface area contributed by atoms with Crippen molar-refractivity contribution in [3.8, 4) is 11.3 Å². The van der Waals surface area contributed by atoms with E-state index in [1.165, 1.54) is 15.9 Å². The van der Waals surface area contributed by atoms with Gasteiger partial charge in [0.1, 0.15) is 11.5 Å². The minimum Gasteiger partial charge on any atom is -0.459 e. The van der Waals surface area contributed by atoms with E-state index < -0.39 is 12.0 Å². The number of carbonyl (C=O) groups is 1. The summed E-state index contributed by atoms with van der Waals surface area (Å²) < 4.78 is 13.4. The molecule has 0 aliphatic carbocycles. The number of benzene rings is 2. The predicted molar refractivity (Wildman–Crippen MR) is 151 cm³/mol. The van der Waals surface area contributed by atoms with E-state index in [1.807, 2.05) is 0 Å². The monoisotopic (exact) mass is 586 g/mol. The number of hydrogen-bond acceptors (Lipinski definition) is 6. The Hall–Kier alpha value is -3.10. The third-order valence-corrected chi connectivity index (χ3v) is 7.94. The van der Waals surface area contributed by atoms with Gasteiger partial charge in [0, 0.05) is 16.7 Å². The zero-order chi connectivity index (χ0) is 27.1. The van der Waals surface area contributed by atoms with Gasteiger partial charge in [-0.25, -0.2) is 9.79 Å². The highest BCUT2D eigenvalue weighted by molar-refractivity contribution is 7.07. The van der Waals surface area contributed by atoms with Crippen LogP contribution in [0, 0.1) is 0 Å². The van der Waals surface area contributed by atoms with Gasteiger partial charge in [0.25, 0.3) is 5.56 Å². The lowest BCUT2D eigenvalue weighted by Crippen LogP contribution is -2.40. The third-order valence-electron chi connectivity index (χ3n) is 5.89. The molecule has 2 aromatic heterocycles. The maximum Gasteiger partial charge on any atom is 0.338 e. The minimum absolute atomic E-state index is 0.302. The van der Waals surface area contributed by atoms with E-state index in [1.54, 1.807) is 81.4 Å². The topological polar surface area (TPSA) is 73.8 Å². The second-order valence-corrected chi connectivity index (χ2v) is 11.1. The van der Waals surface area contributed by atoms with Crippen LogP contribution in [0.25, 0.3) is 17.4 Å². The minimum atomic E-state index is -0.727. The van der Waals surface area contributed by atoms with Gasteiger partial charge in [0.05, 0.1) is 38.0 Å². The van der Waals surface area contributed by atoms with E-state index in [4.69, 9.17) is 44.0 Å². The standard InChI is InChI=1S/C28H21Cl3N2O4S/c1-14(2)36-27(35)23-15(3)32-28-33(25(23)16-7-9-17(29)10-8-16)26(34)22(38-28)13-18-11-12-21(37-18)19-5-4-6-20(30)24(19)31/h4-14,25H,1-3H3. The first-order valence-electron chi connectivity index (χ1n) is 11.7. The molecule has 5 rings (SSSR count). The number of fused-ring (bicyclic) bond motifs is 1. The van der Waals surface area contributed by atoms with Gasteiger partial charge in [-0.1, -0.05) is 64.3 Å². The molecule has 0 bridgehead atoms. The van der Waals surface area contributed by atoms with Crippen LogP contribution in [0.5, 0.6) is 0 Å². The lowest BCUT2D eigenvalue weighted by atomic mass is 9.96. The predicted octanol–water partition coefficient (Wildman–Crippen LogP) is 6.41. The van der Waals surface area contributed by atoms with E-state index >= 15 is 0 Å². The number of rotatable bonds is 5. The molecule has 0 N–H and O–H groups in total. The number of ether oxygens (including phenoxy) is 1. The van der Waals surface area contributed by atoms with Crippen LogP contribution in [0.15, 0.2) is 80.1 Å². The van der Waals surface area contributed by atoms with Gasteiger partial charge in [-0.2, -0.15) is 0 Å². The van der Waals surface area contributed by atoms with Crippen molar-refractivity contribution >= 4 is 58.2 Å². The third kappa shape index (κ3) is 4.99. The Kier molecular flexibility index (Phi) is 7.38. The van der Waals surface area contributed by atoms with Crippen LogP contribution in [0.4, 0.5) is 0 Å². The van der Waals surface area contributed by atoms with Gasteiger partial charge in [-0.15, -0.1) is 0 Å². The normalized spacial score (nSPS) is 15.6. The number of halogens is 3. The van der Waals surface area contributed by atoms with E-state index in [2.05, 4.69) is 4.99 Å². The molecule has 6 nitrogen and oxygen atoms in total. The van der Waals surface area contributed by atoms with Crippen LogP contribution in [0.2, 0.25) is 15.1 Å². The Morgan fingerprint density at radius 1 is 1.11 bits per heavy atom. The number of allylic oxidation sites excluding steroid dienone is 1. The van der Waals surface area contributed by atoms with Crippen LogP contribution >= 0.6 is 46.1 Å². The van der Waals surface area contributed by atoms with Crippen LogP contribution in [-0.4, -0.2) is 16.6 Å². The zero-order valence-electron chi connectivity index (χ0n) is 20.5. The molecule has 2 aromatic carbocycles. The average molecular weight is 588 g/mol. The van der Waals surface area contributed by atoms with Crippen molar-refractivity contribution in [3.05, 3.63) is 112 Å². The molecule has 4 aromatic rings. The Bertz CT molecular complexity index is 1760. The smallest absolute Gasteiger partial charge is 0.338 e. The fourth-order valence-electron chi connectivity index (χ4n) is 4.22. The van der Waals surface area contributed by atoms with Crippen molar-refractivity contribution in [2.24, 2.45) is 4.99 Å². The highest BCUT2D eigenvalue weighted by Gasteiger charge is 2.33. The summed E-state index contributed by atoms with van der Waals surface area (Å²) in [4.78, 5) is 32.0. The summed E-state index contributed by atoms with van der Waals surface area (Å²) in [6.45, 7) is 5.29. The molecule has 194 valence electrons. The van der Waals surface area contributed by atoms with Gasteiger partial charge in [-0.05, 0) is 62.7 Å². The molecular formula is C28H21Cl3N2O4S. The summed E-state index contributed by atoms with van der Waals surface area (Å²) >= 11 is 19.8. The van der Waals surface area contributed by atoms with E-state index in [0.29, 0.717) is 58.3 Å². The average Bonchev–Trinajstić information content (AvgIpc) is 3.44. The molecule has 0 spiro atoms. The SMILES string of the molecule is CC1=C(C(=O)OC(C)C)C(c2ccc(Cl)cc2)n2c(sc(=Cc3ccc(-c4cccc(Cl)c4Cl)o3)c2=O)=N1. The summed E-state index contributed by atoms with van der Waals surface area (Å²) in [5.74, 6) is 0.453. The number of esters is 1. The number of carbonyl (C=O) groups excluding carboxylic acids is 1. The first-order chi connectivity index (χ1) is 18.1. The highest BCUT2D eigenvalue weighted by atomic mass is 35.5. The largest absolute Gasteiger partial charge is 0.459 e. The van der Waals surface area contributed by atoms with Crippen molar-refractivity contribution < 1.29 is 13.9 Å². The molecule has 0 amide bonds. The van der Waals surface area contributed by atoms with Crippen molar-refractivity contribution in [1.82, 2.24) is 4.57 Å². The summed E-state index contributed by atoms with van der Waals surface area (Å²) in [6, 6.07) is 15.1. The fraction of sp³-hybridized carbons (Fsp3) is 0.179. The highest BCUT2D eigenvalue weighted by Crippen LogP contribution is 2.35. The van der Waals surface area contributed by atoms with Gasteiger partial charge < -0.3 is 9.15 Å². The van der Waals surface area contributed by atoms with Crippen LogP contribution in [-0.2, 0) is 9.53 Å². The second kappa shape index (κ2) is 10.6. The van der Waals surface area contributed by atoms with Gasteiger partial charge >= 0.3 is 5.97 Å². The van der Waals surface area contributed by atoms with Crippen LogP contribution < -0.4 is 14.9 Å². The summed E-state index contributed by atoms with van der Waals surface area (Å²) in [7, 11) is 0. The Labute approximate surface area is 237 Å². The molecule has 10 heteroatoms. The molecule has 1 atom stereocenters. The Morgan fingerprint density at radius 3 is 2.55 bits per heavy atom. The summed E-state index contributed by atoms with van der Waals surface area (Å²) in [5.41, 5.74) is 1.83. The molecular weight excluding hydrogens is 567 g/mol. The van der Waals surface area contributed by atoms with Crippen LogP contribution in [0.1, 0.15) is 38.1 Å². The summed E-state index contributed by atoms with van der Waals surface area (Å²) in [6.07, 6.45) is 1.31. The number of furan rings is 1. The number of nitrogens with zero attached hydrogens (tertiary/aromatic N) is 2. The molecule has 1 unspecified atom stereocenters. The Morgan fingerprint density at radius 2 is 1.84 bits per heavy atom. The van der Waals surface area contributed by atoms with Crippen molar-refractivity contribution in [2.75, 3.05) is 0 Å². The van der Waals surface area contributed by atoms with Crippen molar-refractivity contribution in [3.63, 3.8) is 0 Å². The van der Waals surface area contributed by atoms with Crippen molar-refractivity contribution in [1.29, 1.82) is 0 Å². The molecule has 1 aliphatic heterocycles. The van der Waals surface area contributed by atoms with Crippen molar-refractivity contribution in [2.45, 2.75) is 32.9 Å². The molecule has 0 saturated heterocycles. The quantitative estimate of drug-likeness (QED) is 0.253. The Balaban J connectivity index is 1.64. The molecule has 0 radical (unpaired) electrons. The maximum atomic E-state index is 13.7. The van der Waals surface area contributed by atoms with E-state index in [0.717, 1.165) is 0 Å². The van der Waals surface area contributed by atoms with E-state index in [9.17, 15) is 9.59 Å². The van der Waals surface area contributed by atoms with E-state index in [-0.39, 0.29) is 11.7 Å². The van der Waals surface area contributed by atoms with Gasteiger partial charge in [0.2, 0.25) is 0 Å². The second-order valence-electron chi connectivity index (χ2n) is 8.89. The van der Waals surface area contributed by atoms with Gasteiger partial charge in [-0.3, -0.25) is 9.36 Å². The molecule has 0 fully saturated rings. The maximum absolute atomic E-state index is 13.7. The summed E-state index contributed by atoms with van der Waals surface area (Å²) in [5, 5.41) is 1.34. The lowest BCUT2D eigenvalue weighted by Gasteiger charge is -2.25. The molecule has 0 saturated carbocycles. The first kappa shape index (κ1) is 26.5. The molecule has 1 aliphatic rings. The van der Waals surface area contributed by atoms with Gasteiger partial charge in [0.15, 0.2) is 4.80 Å². The fourth-order valence-corrected chi connectivity index (χ4v) is 5.77. The number of aromatic nitrogens is 1. The zero-order valence-corrected chi connectivity index (χ0v) is 23.6.